The first kappa shape index (κ1) is 10.7. The molecule has 0 aliphatic rings. The molecule has 0 aliphatic carbocycles. The topological polar surface area (TPSA) is 17.1 Å². The maximum Gasteiger partial charge on any atom is 0.150 e. The molecular weight excluding hydrogens is 172 g/mol. The van der Waals surface area contributed by atoms with Gasteiger partial charge in [0.2, 0.25) is 0 Å². The molecule has 0 atom stereocenters. The minimum atomic E-state index is 0.793. The van der Waals surface area contributed by atoms with Gasteiger partial charge in [0.15, 0.2) is 0 Å². The van der Waals surface area contributed by atoms with Crippen LogP contribution < -0.4 is 10.4 Å². The van der Waals surface area contributed by atoms with E-state index < -0.39 is 0 Å². The smallest absolute Gasteiger partial charge is 0.150 e. The van der Waals surface area contributed by atoms with E-state index in [9.17, 15) is 4.79 Å². The van der Waals surface area contributed by atoms with E-state index in [-0.39, 0.29) is 0 Å². The van der Waals surface area contributed by atoms with Crippen molar-refractivity contribution < 1.29 is 4.79 Å². The lowest BCUT2D eigenvalue weighted by Gasteiger charge is -2.04. The van der Waals surface area contributed by atoms with Crippen molar-refractivity contribution in [2.24, 2.45) is 0 Å². The van der Waals surface area contributed by atoms with Gasteiger partial charge in [-0.2, -0.15) is 0 Å². The summed E-state index contributed by atoms with van der Waals surface area (Å²) in [4.78, 5) is 10.8. The van der Waals surface area contributed by atoms with Gasteiger partial charge in [-0.15, -0.1) is 0 Å². The molecule has 0 saturated carbocycles. The largest absolute Gasteiger partial charge is 0.298 e. The van der Waals surface area contributed by atoms with Gasteiger partial charge < -0.3 is 0 Å². The number of aryl methyl sites for hydroxylation is 1. The molecule has 1 rings (SSSR count). The van der Waals surface area contributed by atoms with Crippen molar-refractivity contribution in [2.75, 3.05) is 0 Å². The zero-order valence-electron chi connectivity index (χ0n) is 9.22. The third-order valence-corrected chi connectivity index (χ3v) is 2.63. The molecule has 0 saturated heterocycles. The summed E-state index contributed by atoms with van der Waals surface area (Å²) in [5.74, 6) is 0. The lowest BCUT2D eigenvalue weighted by Crippen LogP contribution is -2.30. The fourth-order valence-electron chi connectivity index (χ4n) is 1.87. The predicted molar refractivity (Wildman–Crippen MR) is 60.8 cm³/mol. The minimum Gasteiger partial charge on any atom is -0.298 e. The van der Waals surface area contributed by atoms with E-state index in [4.69, 9.17) is 0 Å². The monoisotopic (exact) mass is 188 g/mol. The average molecular weight is 188 g/mol. The van der Waals surface area contributed by atoms with Crippen LogP contribution in [0, 0.1) is 13.8 Å². The maximum atomic E-state index is 10.8. The van der Waals surface area contributed by atoms with Crippen LogP contribution in [-0.2, 0) is 0 Å². The summed E-state index contributed by atoms with van der Waals surface area (Å²) in [5, 5.41) is 2.41. The molecule has 0 N–H and O–H groups in total. The molecule has 0 fully saturated rings. The SMILES string of the molecule is C/C=c1/c(C)cc(C=O)c(C)/c1=C/C. The first-order valence-electron chi connectivity index (χ1n) is 4.83. The Morgan fingerprint density at radius 3 is 2.07 bits per heavy atom. The van der Waals surface area contributed by atoms with Gasteiger partial charge in [0.1, 0.15) is 6.29 Å². The lowest BCUT2D eigenvalue weighted by atomic mass is 10.0. The molecule has 1 nitrogen and oxygen atoms in total. The van der Waals surface area contributed by atoms with E-state index in [1.165, 1.54) is 10.4 Å². The highest BCUT2D eigenvalue weighted by molar-refractivity contribution is 5.77. The Bertz CT molecular complexity index is 467. The second kappa shape index (κ2) is 4.23. The molecule has 0 aliphatic heterocycles. The highest BCUT2D eigenvalue weighted by Crippen LogP contribution is 1.99. The van der Waals surface area contributed by atoms with Crippen LogP contribution in [0.3, 0.4) is 0 Å². The molecule has 0 bridgehead atoms. The Hall–Kier alpha value is -1.37. The van der Waals surface area contributed by atoms with Crippen LogP contribution in [0.1, 0.15) is 35.3 Å². The normalized spacial score (nSPS) is 13.4. The third kappa shape index (κ3) is 1.63. The van der Waals surface area contributed by atoms with Crippen molar-refractivity contribution in [1.29, 1.82) is 0 Å². The molecule has 1 aromatic rings. The van der Waals surface area contributed by atoms with Crippen LogP contribution >= 0.6 is 0 Å². The van der Waals surface area contributed by atoms with Gasteiger partial charge >= 0.3 is 0 Å². The first-order valence-corrected chi connectivity index (χ1v) is 4.83. The van der Waals surface area contributed by atoms with E-state index in [1.807, 2.05) is 33.8 Å². The van der Waals surface area contributed by atoms with Gasteiger partial charge in [-0.25, -0.2) is 0 Å². The number of aldehydes is 1. The van der Waals surface area contributed by atoms with Gasteiger partial charge in [-0.1, -0.05) is 12.2 Å². The number of carbonyl (C=O) groups is 1. The number of benzene rings is 1. The Balaban J connectivity index is 3.86. The van der Waals surface area contributed by atoms with Gasteiger partial charge in [0, 0.05) is 5.56 Å². The van der Waals surface area contributed by atoms with Crippen LogP contribution in [0.15, 0.2) is 6.07 Å². The number of hydrogen-bond donors (Lipinski definition) is 0. The standard InChI is InChI=1S/C13H16O/c1-5-12-9(3)7-11(8-14)10(4)13(12)6-2/h5-8H,1-4H3/b12-5-,13-6-. The Morgan fingerprint density at radius 1 is 1.07 bits per heavy atom. The van der Waals surface area contributed by atoms with Crippen molar-refractivity contribution in [1.82, 2.24) is 0 Å². The molecule has 14 heavy (non-hydrogen) atoms. The van der Waals surface area contributed by atoms with Crippen molar-refractivity contribution in [3.63, 3.8) is 0 Å². The van der Waals surface area contributed by atoms with E-state index in [0.29, 0.717) is 0 Å². The summed E-state index contributed by atoms with van der Waals surface area (Å²) in [6.45, 7) is 8.05. The molecule has 1 heteroatoms. The predicted octanol–water partition coefficient (Wildman–Crippen LogP) is 1.72. The fourth-order valence-corrected chi connectivity index (χ4v) is 1.87. The average Bonchev–Trinajstić information content (AvgIpc) is 2.20. The first-order chi connectivity index (χ1) is 6.65. The summed E-state index contributed by atoms with van der Waals surface area (Å²) in [7, 11) is 0. The molecule has 0 aromatic heterocycles. The van der Waals surface area contributed by atoms with Crippen LogP contribution in [-0.4, -0.2) is 6.29 Å². The molecule has 1 aromatic carbocycles. The molecule has 74 valence electrons. The van der Waals surface area contributed by atoms with E-state index >= 15 is 0 Å². The lowest BCUT2D eigenvalue weighted by molar-refractivity contribution is 0.112. The summed E-state index contributed by atoms with van der Waals surface area (Å²) < 4.78 is 0. The Morgan fingerprint density at radius 2 is 1.64 bits per heavy atom. The van der Waals surface area contributed by atoms with Crippen molar-refractivity contribution in [3.05, 3.63) is 33.2 Å². The summed E-state index contributed by atoms with van der Waals surface area (Å²) >= 11 is 0. The summed E-state index contributed by atoms with van der Waals surface area (Å²) in [6, 6.07) is 1.95. The van der Waals surface area contributed by atoms with Gasteiger partial charge in [-0.05, 0) is 55.3 Å². The van der Waals surface area contributed by atoms with E-state index in [2.05, 4.69) is 12.2 Å². The Kier molecular flexibility index (Phi) is 3.23. The van der Waals surface area contributed by atoms with Crippen LogP contribution in [0.5, 0.6) is 0 Å². The quantitative estimate of drug-likeness (QED) is 0.613. The van der Waals surface area contributed by atoms with Crippen molar-refractivity contribution in [2.45, 2.75) is 27.7 Å². The second-order valence-electron chi connectivity index (χ2n) is 3.43. The summed E-state index contributed by atoms with van der Waals surface area (Å²) in [5.41, 5.74) is 3.02. The third-order valence-electron chi connectivity index (χ3n) is 2.63. The van der Waals surface area contributed by atoms with Crippen LogP contribution in [0.25, 0.3) is 12.2 Å². The van der Waals surface area contributed by atoms with E-state index in [1.54, 1.807) is 0 Å². The van der Waals surface area contributed by atoms with Crippen LogP contribution in [0.2, 0.25) is 0 Å². The van der Waals surface area contributed by atoms with E-state index in [0.717, 1.165) is 23.0 Å². The second-order valence-corrected chi connectivity index (χ2v) is 3.43. The summed E-state index contributed by atoms with van der Waals surface area (Å²) in [6.07, 6.45) is 5.08. The molecule has 0 amide bonds. The van der Waals surface area contributed by atoms with Gasteiger partial charge in [-0.3, -0.25) is 4.79 Å². The number of rotatable bonds is 1. The zero-order chi connectivity index (χ0) is 10.7. The molecule has 0 radical (unpaired) electrons. The highest BCUT2D eigenvalue weighted by atomic mass is 16.1. The molecule has 0 spiro atoms. The van der Waals surface area contributed by atoms with Gasteiger partial charge in [0.05, 0.1) is 0 Å². The van der Waals surface area contributed by atoms with Crippen molar-refractivity contribution >= 4 is 18.4 Å². The molecule has 0 heterocycles. The van der Waals surface area contributed by atoms with Gasteiger partial charge in [0.25, 0.3) is 0 Å². The molecular formula is C13H16O. The number of hydrogen-bond acceptors (Lipinski definition) is 1. The Labute approximate surface area is 84.8 Å². The fraction of sp³-hybridized carbons (Fsp3) is 0.308. The highest BCUT2D eigenvalue weighted by Gasteiger charge is 2.01. The maximum absolute atomic E-state index is 10.8. The minimum absolute atomic E-state index is 0.793. The van der Waals surface area contributed by atoms with Crippen molar-refractivity contribution in [3.8, 4) is 0 Å². The zero-order valence-corrected chi connectivity index (χ0v) is 9.22. The number of carbonyl (C=O) groups excluding carboxylic acids is 1. The molecule has 0 unspecified atom stereocenters. The van der Waals surface area contributed by atoms with Crippen LogP contribution in [0.4, 0.5) is 0 Å².